The van der Waals surface area contributed by atoms with Gasteiger partial charge < -0.3 is 24.4 Å². The van der Waals surface area contributed by atoms with Crippen LogP contribution in [0.3, 0.4) is 0 Å². The van der Waals surface area contributed by atoms with E-state index in [-0.39, 0.29) is 18.2 Å². The fourth-order valence-corrected chi connectivity index (χ4v) is 4.44. The zero-order chi connectivity index (χ0) is 25.6. The smallest absolute Gasteiger partial charge is 0.407 e. The lowest BCUT2D eigenvalue weighted by molar-refractivity contribution is -0.136. The number of amides is 4. The lowest BCUT2D eigenvalue weighted by Crippen LogP contribution is -2.52. The van der Waals surface area contributed by atoms with E-state index in [1.807, 2.05) is 32.9 Å². The molecule has 1 unspecified atom stereocenters. The molecule has 10 heteroatoms. The number of hydrogen-bond acceptors (Lipinski definition) is 6. The van der Waals surface area contributed by atoms with Crippen LogP contribution in [0, 0.1) is 0 Å². The van der Waals surface area contributed by atoms with Crippen LogP contribution < -0.4 is 5.32 Å². The van der Waals surface area contributed by atoms with Gasteiger partial charge in [-0.2, -0.15) is 0 Å². The average Bonchev–Trinajstić information content (AvgIpc) is 3.11. The number of aryl methyl sites for hydroxylation is 1. The first-order valence-corrected chi connectivity index (χ1v) is 12.0. The summed E-state index contributed by atoms with van der Waals surface area (Å²) in [6.07, 6.45) is 1.12. The molecule has 4 amide bonds. The monoisotopic (exact) mass is 489 g/mol. The first kappa shape index (κ1) is 26.6. The maximum atomic E-state index is 12.9. The number of carboxylic acid groups (broad SMARTS) is 1. The maximum absolute atomic E-state index is 12.9. The van der Waals surface area contributed by atoms with Gasteiger partial charge in [0.15, 0.2) is 0 Å². The third-order valence-electron chi connectivity index (χ3n) is 6.29. The number of imide groups is 1. The Labute approximate surface area is 205 Å². The number of ether oxygens (including phenoxy) is 2. The molecule has 2 heterocycles. The van der Waals surface area contributed by atoms with Crippen molar-refractivity contribution in [3.8, 4) is 0 Å². The molecule has 2 N–H and O–H groups in total. The molecule has 192 valence electrons. The van der Waals surface area contributed by atoms with E-state index in [2.05, 4.69) is 5.32 Å². The third-order valence-corrected chi connectivity index (χ3v) is 6.29. The van der Waals surface area contributed by atoms with E-state index in [1.165, 1.54) is 4.90 Å². The number of nitrogens with one attached hydrogen (secondary N) is 1. The average molecular weight is 490 g/mol. The number of nitrogens with zero attached hydrogens (tertiary/aromatic N) is 2. The van der Waals surface area contributed by atoms with E-state index in [4.69, 9.17) is 9.47 Å². The van der Waals surface area contributed by atoms with Gasteiger partial charge in [-0.05, 0) is 57.2 Å². The number of carbonyl (C=O) groups excluding carboxylic acids is 3. The predicted octanol–water partition coefficient (Wildman–Crippen LogP) is 2.19. The summed E-state index contributed by atoms with van der Waals surface area (Å²) in [5.74, 6) is -0.875. The SMILES string of the molecule is CC(C)(C)N(CCOCCOCCCc1cccc2c1CN(C1CCC(=O)NC1=O)C2=O)C(=O)O. The van der Waals surface area contributed by atoms with Crippen LogP contribution in [-0.2, 0) is 32.0 Å². The Balaban J connectivity index is 1.38. The van der Waals surface area contributed by atoms with E-state index in [0.29, 0.717) is 51.5 Å². The third kappa shape index (κ3) is 6.79. The first-order valence-electron chi connectivity index (χ1n) is 12.0. The standard InChI is InChI=1S/C25H35N3O7/c1-25(2,3)28(24(32)33)11-13-35-15-14-34-12-5-7-17-6-4-8-18-19(17)16-27(23(18)31)20-9-10-21(29)26-22(20)30/h4,6,8,20H,5,7,9-16H2,1-3H3,(H,32,33)(H,26,29,30). The molecule has 0 aromatic heterocycles. The van der Waals surface area contributed by atoms with Gasteiger partial charge in [0.1, 0.15) is 6.04 Å². The number of hydrogen-bond donors (Lipinski definition) is 2. The minimum Gasteiger partial charge on any atom is -0.465 e. The second kappa shape index (κ2) is 11.6. The van der Waals surface area contributed by atoms with Gasteiger partial charge in [-0.15, -0.1) is 0 Å². The van der Waals surface area contributed by atoms with Gasteiger partial charge in [0.05, 0.1) is 19.8 Å². The van der Waals surface area contributed by atoms with Gasteiger partial charge in [0, 0.05) is 37.2 Å². The molecule has 1 saturated heterocycles. The van der Waals surface area contributed by atoms with E-state index < -0.39 is 23.6 Å². The molecular formula is C25H35N3O7. The topological polar surface area (TPSA) is 125 Å². The van der Waals surface area contributed by atoms with Crippen LogP contribution in [0.25, 0.3) is 0 Å². The highest BCUT2D eigenvalue weighted by Crippen LogP contribution is 2.30. The molecule has 0 saturated carbocycles. The zero-order valence-corrected chi connectivity index (χ0v) is 20.7. The Bertz CT molecular complexity index is 957. The van der Waals surface area contributed by atoms with Crippen LogP contribution in [0.1, 0.15) is 61.5 Å². The van der Waals surface area contributed by atoms with Crippen molar-refractivity contribution in [3.63, 3.8) is 0 Å². The molecule has 3 rings (SSSR count). The van der Waals surface area contributed by atoms with Gasteiger partial charge in [0.2, 0.25) is 11.8 Å². The van der Waals surface area contributed by atoms with Crippen LogP contribution >= 0.6 is 0 Å². The van der Waals surface area contributed by atoms with E-state index in [9.17, 15) is 24.3 Å². The zero-order valence-electron chi connectivity index (χ0n) is 20.7. The van der Waals surface area contributed by atoms with Crippen LogP contribution in [0.15, 0.2) is 18.2 Å². The van der Waals surface area contributed by atoms with Crippen LogP contribution in [-0.4, -0.2) is 83.3 Å². The number of piperidine rings is 1. The summed E-state index contributed by atoms with van der Waals surface area (Å²) in [4.78, 5) is 50.8. The highest BCUT2D eigenvalue weighted by atomic mass is 16.5. The highest BCUT2D eigenvalue weighted by molar-refractivity contribution is 6.05. The van der Waals surface area contributed by atoms with Crippen molar-refractivity contribution in [3.05, 3.63) is 34.9 Å². The molecule has 0 bridgehead atoms. The lowest BCUT2D eigenvalue weighted by Gasteiger charge is -2.32. The Morgan fingerprint density at radius 3 is 2.51 bits per heavy atom. The van der Waals surface area contributed by atoms with Crippen molar-refractivity contribution in [2.24, 2.45) is 0 Å². The van der Waals surface area contributed by atoms with Crippen molar-refractivity contribution in [1.29, 1.82) is 0 Å². The van der Waals surface area contributed by atoms with Gasteiger partial charge in [-0.25, -0.2) is 4.79 Å². The lowest BCUT2D eigenvalue weighted by atomic mass is 10.00. The number of benzene rings is 1. The first-order chi connectivity index (χ1) is 16.6. The molecule has 0 spiro atoms. The highest BCUT2D eigenvalue weighted by Gasteiger charge is 2.39. The van der Waals surface area contributed by atoms with Crippen molar-refractivity contribution in [1.82, 2.24) is 15.1 Å². The second-order valence-corrected chi connectivity index (χ2v) is 9.78. The molecule has 10 nitrogen and oxygen atoms in total. The Hall–Kier alpha value is -2.98. The normalized spacial score (nSPS) is 18.0. The molecule has 0 aliphatic carbocycles. The maximum Gasteiger partial charge on any atom is 0.407 e. The summed E-state index contributed by atoms with van der Waals surface area (Å²) in [6, 6.07) is 5.01. The summed E-state index contributed by atoms with van der Waals surface area (Å²) in [5.41, 5.74) is 2.13. The molecule has 2 aliphatic rings. The molecule has 1 atom stereocenters. The summed E-state index contributed by atoms with van der Waals surface area (Å²) in [7, 11) is 0. The number of carbonyl (C=O) groups is 4. The number of fused-ring (bicyclic) bond motifs is 1. The van der Waals surface area contributed by atoms with E-state index in [1.54, 1.807) is 11.0 Å². The molecule has 1 fully saturated rings. The molecule has 0 radical (unpaired) electrons. The molecule has 1 aromatic carbocycles. The van der Waals surface area contributed by atoms with Gasteiger partial charge >= 0.3 is 6.09 Å². The van der Waals surface area contributed by atoms with Gasteiger partial charge in [0.25, 0.3) is 5.91 Å². The van der Waals surface area contributed by atoms with E-state index in [0.717, 1.165) is 24.0 Å². The fraction of sp³-hybridized carbons (Fsp3) is 0.600. The molecular weight excluding hydrogens is 454 g/mol. The van der Waals surface area contributed by atoms with Crippen LogP contribution in [0.4, 0.5) is 4.79 Å². The molecule has 1 aromatic rings. The second-order valence-electron chi connectivity index (χ2n) is 9.78. The Morgan fingerprint density at radius 1 is 1.14 bits per heavy atom. The quantitative estimate of drug-likeness (QED) is 0.360. The minimum absolute atomic E-state index is 0.169. The van der Waals surface area contributed by atoms with Crippen LogP contribution in [0.2, 0.25) is 0 Å². The largest absolute Gasteiger partial charge is 0.465 e. The summed E-state index contributed by atoms with van der Waals surface area (Å²) in [6.45, 7) is 7.82. The van der Waals surface area contributed by atoms with Crippen molar-refractivity contribution >= 4 is 23.8 Å². The van der Waals surface area contributed by atoms with Crippen molar-refractivity contribution < 1.29 is 33.8 Å². The Kier molecular flexibility index (Phi) is 8.85. The van der Waals surface area contributed by atoms with Gasteiger partial charge in [-0.3, -0.25) is 19.7 Å². The van der Waals surface area contributed by atoms with E-state index >= 15 is 0 Å². The fourth-order valence-electron chi connectivity index (χ4n) is 4.44. The Morgan fingerprint density at radius 2 is 1.86 bits per heavy atom. The molecule has 2 aliphatic heterocycles. The summed E-state index contributed by atoms with van der Waals surface area (Å²) >= 11 is 0. The summed E-state index contributed by atoms with van der Waals surface area (Å²) < 4.78 is 11.1. The minimum atomic E-state index is -0.966. The van der Waals surface area contributed by atoms with Crippen molar-refractivity contribution in [2.45, 2.75) is 64.6 Å². The van der Waals surface area contributed by atoms with Crippen LogP contribution in [0.5, 0.6) is 0 Å². The predicted molar refractivity (Wildman–Crippen MR) is 127 cm³/mol. The van der Waals surface area contributed by atoms with Crippen molar-refractivity contribution in [2.75, 3.05) is 33.0 Å². The molecule has 35 heavy (non-hydrogen) atoms. The summed E-state index contributed by atoms with van der Waals surface area (Å²) in [5, 5.41) is 11.6. The number of rotatable bonds is 11. The van der Waals surface area contributed by atoms with Gasteiger partial charge in [-0.1, -0.05) is 12.1 Å².